The monoisotopic (exact) mass is 294 g/mol. The molecule has 2 aliphatic rings. The minimum absolute atomic E-state index is 0.232. The van der Waals surface area contributed by atoms with Crippen molar-refractivity contribution >= 4 is 11.9 Å². The molecule has 0 amide bonds. The standard InChI is InChI=1S/C14H22N4O3/c1-3-20-12(19)14(5-4-6-14)11-15-13(16-21-11)18-9-7-17(2)8-10-18/h3-10H2,1-2H3. The third kappa shape index (κ3) is 2.50. The molecule has 0 spiro atoms. The molecule has 0 radical (unpaired) electrons. The number of piperazine rings is 1. The van der Waals surface area contributed by atoms with Crippen molar-refractivity contribution in [1.29, 1.82) is 0 Å². The molecule has 0 bridgehead atoms. The van der Waals surface area contributed by atoms with E-state index >= 15 is 0 Å². The van der Waals surface area contributed by atoms with Crippen molar-refractivity contribution in [2.75, 3.05) is 44.7 Å². The topological polar surface area (TPSA) is 71.7 Å². The number of hydrogen-bond acceptors (Lipinski definition) is 7. The fourth-order valence-corrected chi connectivity index (χ4v) is 2.85. The molecule has 1 saturated carbocycles. The predicted octanol–water partition coefficient (Wildman–Crippen LogP) is 0.806. The maximum atomic E-state index is 12.2. The first-order chi connectivity index (χ1) is 10.2. The van der Waals surface area contributed by atoms with E-state index in [1.54, 1.807) is 0 Å². The molecule has 1 aliphatic heterocycles. The van der Waals surface area contributed by atoms with E-state index in [0.29, 0.717) is 18.4 Å². The van der Waals surface area contributed by atoms with Crippen molar-refractivity contribution in [3.05, 3.63) is 5.89 Å². The second-order valence-electron chi connectivity index (χ2n) is 5.85. The van der Waals surface area contributed by atoms with Crippen molar-refractivity contribution in [3.8, 4) is 0 Å². The van der Waals surface area contributed by atoms with Gasteiger partial charge < -0.3 is 19.1 Å². The van der Waals surface area contributed by atoms with Gasteiger partial charge in [0.1, 0.15) is 5.41 Å². The minimum Gasteiger partial charge on any atom is -0.465 e. The zero-order chi connectivity index (χ0) is 14.9. The number of ether oxygens (including phenoxy) is 1. The number of carbonyl (C=O) groups is 1. The zero-order valence-corrected chi connectivity index (χ0v) is 12.7. The van der Waals surface area contributed by atoms with Crippen LogP contribution in [0.2, 0.25) is 0 Å². The Balaban J connectivity index is 1.76. The second kappa shape index (κ2) is 5.63. The summed E-state index contributed by atoms with van der Waals surface area (Å²) in [6.45, 7) is 5.90. The summed E-state index contributed by atoms with van der Waals surface area (Å²) in [4.78, 5) is 21.1. The lowest BCUT2D eigenvalue weighted by molar-refractivity contribution is -0.155. The van der Waals surface area contributed by atoms with Crippen LogP contribution in [0.15, 0.2) is 4.52 Å². The lowest BCUT2D eigenvalue weighted by atomic mass is 9.68. The van der Waals surface area contributed by atoms with Gasteiger partial charge in [0.2, 0.25) is 5.89 Å². The number of aromatic nitrogens is 2. The van der Waals surface area contributed by atoms with Gasteiger partial charge in [-0.3, -0.25) is 4.79 Å². The highest BCUT2D eigenvalue weighted by molar-refractivity contribution is 5.83. The molecule has 0 N–H and O–H groups in total. The van der Waals surface area contributed by atoms with Gasteiger partial charge in [-0.2, -0.15) is 4.98 Å². The maximum absolute atomic E-state index is 12.2. The van der Waals surface area contributed by atoms with E-state index in [-0.39, 0.29) is 5.97 Å². The van der Waals surface area contributed by atoms with Gasteiger partial charge in [-0.15, -0.1) is 0 Å². The van der Waals surface area contributed by atoms with Crippen molar-refractivity contribution < 1.29 is 14.1 Å². The number of anilines is 1. The van der Waals surface area contributed by atoms with Gasteiger partial charge in [-0.1, -0.05) is 6.42 Å². The number of esters is 1. The highest BCUT2D eigenvalue weighted by atomic mass is 16.5. The summed E-state index contributed by atoms with van der Waals surface area (Å²) >= 11 is 0. The molecule has 1 aliphatic carbocycles. The summed E-state index contributed by atoms with van der Waals surface area (Å²) in [6, 6.07) is 0. The van der Waals surface area contributed by atoms with Gasteiger partial charge in [0.05, 0.1) is 6.61 Å². The van der Waals surface area contributed by atoms with Crippen LogP contribution in [-0.4, -0.2) is 60.8 Å². The summed E-state index contributed by atoms with van der Waals surface area (Å²) < 4.78 is 10.6. The average molecular weight is 294 g/mol. The Bertz CT molecular complexity index is 504. The van der Waals surface area contributed by atoms with Gasteiger partial charge >= 0.3 is 5.97 Å². The van der Waals surface area contributed by atoms with Crippen LogP contribution < -0.4 is 4.90 Å². The molecule has 1 aromatic heterocycles. The first-order valence-corrected chi connectivity index (χ1v) is 7.60. The van der Waals surface area contributed by atoms with Gasteiger partial charge in [-0.25, -0.2) is 0 Å². The van der Waals surface area contributed by atoms with E-state index in [4.69, 9.17) is 9.26 Å². The highest BCUT2D eigenvalue weighted by Gasteiger charge is 2.52. The largest absolute Gasteiger partial charge is 0.465 e. The van der Waals surface area contributed by atoms with Crippen LogP contribution in [0, 0.1) is 0 Å². The molecule has 1 saturated heterocycles. The number of likely N-dealkylation sites (N-methyl/N-ethyl adjacent to an activating group) is 1. The normalized spacial score (nSPS) is 21.9. The molecule has 3 rings (SSSR count). The second-order valence-corrected chi connectivity index (χ2v) is 5.85. The Morgan fingerprint density at radius 1 is 1.33 bits per heavy atom. The average Bonchev–Trinajstić information content (AvgIpc) is 2.88. The van der Waals surface area contributed by atoms with Gasteiger partial charge in [-0.05, 0) is 32.0 Å². The van der Waals surface area contributed by atoms with Crippen molar-refractivity contribution in [1.82, 2.24) is 15.0 Å². The number of rotatable bonds is 4. The van der Waals surface area contributed by atoms with Crippen LogP contribution in [0.5, 0.6) is 0 Å². The van der Waals surface area contributed by atoms with Gasteiger partial charge in [0.15, 0.2) is 0 Å². The van der Waals surface area contributed by atoms with E-state index in [1.165, 1.54) is 0 Å². The quantitative estimate of drug-likeness (QED) is 0.761. The molecule has 2 fully saturated rings. The highest BCUT2D eigenvalue weighted by Crippen LogP contribution is 2.44. The molecule has 116 valence electrons. The van der Waals surface area contributed by atoms with E-state index in [0.717, 1.165) is 45.4 Å². The van der Waals surface area contributed by atoms with Crippen LogP contribution >= 0.6 is 0 Å². The SMILES string of the molecule is CCOC(=O)C1(c2nc(N3CCN(C)CC3)no2)CCC1. The molecule has 7 nitrogen and oxygen atoms in total. The van der Waals surface area contributed by atoms with Gasteiger partial charge in [0, 0.05) is 26.2 Å². The molecular weight excluding hydrogens is 272 g/mol. The fourth-order valence-electron chi connectivity index (χ4n) is 2.85. The number of nitrogens with zero attached hydrogens (tertiary/aromatic N) is 4. The lowest BCUT2D eigenvalue weighted by Gasteiger charge is -2.35. The van der Waals surface area contributed by atoms with Crippen LogP contribution in [-0.2, 0) is 14.9 Å². The molecular formula is C14H22N4O3. The van der Waals surface area contributed by atoms with E-state index in [1.807, 2.05) is 6.92 Å². The van der Waals surface area contributed by atoms with Crippen molar-refractivity contribution in [3.63, 3.8) is 0 Å². The Labute approximate surface area is 124 Å². The Hall–Kier alpha value is -1.63. The van der Waals surface area contributed by atoms with Crippen LogP contribution in [0.3, 0.4) is 0 Å². The van der Waals surface area contributed by atoms with E-state index in [9.17, 15) is 4.79 Å². The van der Waals surface area contributed by atoms with E-state index in [2.05, 4.69) is 27.0 Å². The maximum Gasteiger partial charge on any atom is 0.321 e. The zero-order valence-electron chi connectivity index (χ0n) is 12.7. The summed E-state index contributed by atoms with van der Waals surface area (Å²) in [5.74, 6) is 0.777. The van der Waals surface area contributed by atoms with Crippen LogP contribution in [0.4, 0.5) is 5.95 Å². The molecule has 0 unspecified atom stereocenters. The van der Waals surface area contributed by atoms with Crippen LogP contribution in [0.1, 0.15) is 32.1 Å². The third-order valence-electron chi connectivity index (χ3n) is 4.48. The molecule has 0 aromatic carbocycles. The first-order valence-electron chi connectivity index (χ1n) is 7.60. The van der Waals surface area contributed by atoms with Crippen LogP contribution in [0.25, 0.3) is 0 Å². The lowest BCUT2D eigenvalue weighted by Crippen LogP contribution is -2.45. The molecule has 2 heterocycles. The molecule has 7 heteroatoms. The summed E-state index contributed by atoms with van der Waals surface area (Å²) in [5, 5.41) is 4.07. The van der Waals surface area contributed by atoms with Crippen molar-refractivity contribution in [2.24, 2.45) is 0 Å². The summed E-state index contributed by atoms with van der Waals surface area (Å²) in [6.07, 6.45) is 2.46. The minimum atomic E-state index is -0.701. The summed E-state index contributed by atoms with van der Waals surface area (Å²) in [7, 11) is 2.10. The smallest absolute Gasteiger partial charge is 0.321 e. The summed E-state index contributed by atoms with van der Waals surface area (Å²) in [5.41, 5.74) is -0.701. The number of carbonyl (C=O) groups excluding carboxylic acids is 1. The van der Waals surface area contributed by atoms with E-state index < -0.39 is 5.41 Å². The Kier molecular flexibility index (Phi) is 3.84. The first kappa shape index (κ1) is 14.3. The fraction of sp³-hybridized carbons (Fsp3) is 0.786. The Morgan fingerprint density at radius 2 is 2.05 bits per heavy atom. The third-order valence-corrected chi connectivity index (χ3v) is 4.48. The van der Waals surface area contributed by atoms with Crippen molar-refractivity contribution in [2.45, 2.75) is 31.6 Å². The molecule has 21 heavy (non-hydrogen) atoms. The molecule has 1 aromatic rings. The molecule has 0 atom stereocenters. The Morgan fingerprint density at radius 3 is 2.62 bits per heavy atom. The van der Waals surface area contributed by atoms with Gasteiger partial charge in [0.25, 0.3) is 5.95 Å². The predicted molar refractivity (Wildman–Crippen MR) is 76.2 cm³/mol. The number of hydrogen-bond donors (Lipinski definition) is 0.